The van der Waals surface area contributed by atoms with Crippen molar-refractivity contribution in [3.05, 3.63) is 11.3 Å². The molecule has 1 aliphatic carbocycles. The summed E-state index contributed by atoms with van der Waals surface area (Å²) in [5, 5.41) is 0. The van der Waals surface area contributed by atoms with Crippen LogP contribution < -0.4 is 0 Å². The smallest absolute Gasteiger partial charge is 0.223 e. The zero-order chi connectivity index (χ0) is 11.8. The molecule has 15 heavy (non-hydrogen) atoms. The van der Waals surface area contributed by atoms with E-state index in [1.54, 1.807) is 6.92 Å². The van der Waals surface area contributed by atoms with Crippen LogP contribution in [0.4, 0.5) is 0 Å². The van der Waals surface area contributed by atoms with E-state index in [1.165, 1.54) is 11.3 Å². The minimum atomic E-state index is 0.164. The molecule has 0 saturated carbocycles. The van der Waals surface area contributed by atoms with Gasteiger partial charge in [0.05, 0.1) is 0 Å². The largest absolute Gasteiger partial charge is 0.314 e. The van der Waals surface area contributed by atoms with E-state index in [0.29, 0.717) is 0 Å². The fourth-order valence-corrected chi connectivity index (χ4v) is 2.36. The molecule has 0 bridgehead atoms. The molecule has 0 spiro atoms. The molecule has 0 heterocycles. The van der Waals surface area contributed by atoms with E-state index in [1.807, 2.05) is 4.90 Å². The molecule has 1 aliphatic rings. The highest BCUT2D eigenvalue weighted by Gasteiger charge is 2.33. The molecule has 0 aliphatic heterocycles. The Balaban J connectivity index is 3.06. The van der Waals surface area contributed by atoms with E-state index < -0.39 is 0 Å². The standard InChI is InChI=1S/C13H23NO/c1-9(2)14(11(4)15)12-7-8-13(5,6)10(12)3/h9H,7-8H2,1-6H3. The van der Waals surface area contributed by atoms with E-state index in [0.717, 1.165) is 12.8 Å². The molecule has 0 saturated heterocycles. The first-order valence-electron chi connectivity index (χ1n) is 5.77. The molecule has 1 rings (SSSR count). The second-order valence-electron chi connectivity index (χ2n) is 5.44. The molecule has 86 valence electrons. The Kier molecular flexibility index (Phi) is 3.27. The third-order valence-electron chi connectivity index (χ3n) is 3.58. The molecule has 0 aromatic carbocycles. The number of nitrogens with zero attached hydrogens (tertiary/aromatic N) is 1. The molecule has 0 aromatic heterocycles. The van der Waals surface area contributed by atoms with Gasteiger partial charge in [0.25, 0.3) is 0 Å². The second-order valence-corrected chi connectivity index (χ2v) is 5.44. The van der Waals surface area contributed by atoms with Crippen molar-refractivity contribution in [1.82, 2.24) is 4.90 Å². The van der Waals surface area contributed by atoms with Gasteiger partial charge in [0.1, 0.15) is 0 Å². The van der Waals surface area contributed by atoms with Crippen LogP contribution >= 0.6 is 0 Å². The van der Waals surface area contributed by atoms with Gasteiger partial charge in [-0.2, -0.15) is 0 Å². The van der Waals surface area contributed by atoms with Crippen LogP contribution in [-0.2, 0) is 4.79 Å². The van der Waals surface area contributed by atoms with Crippen molar-refractivity contribution in [1.29, 1.82) is 0 Å². The van der Waals surface area contributed by atoms with Gasteiger partial charge >= 0.3 is 0 Å². The van der Waals surface area contributed by atoms with Crippen molar-refractivity contribution >= 4 is 5.91 Å². The van der Waals surface area contributed by atoms with E-state index in [2.05, 4.69) is 34.6 Å². The first kappa shape index (κ1) is 12.3. The molecule has 0 atom stereocenters. The summed E-state index contributed by atoms with van der Waals surface area (Å²) in [5.41, 5.74) is 2.90. The summed E-state index contributed by atoms with van der Waals surface area (Å²) < 4.78 is 0. The predicted octanol–water partition coefficient (Wildman–Crippen LogP) is 3.34. The average Bonchev–Trinajstić information content (AvgIpc) is 2.31. The Labute approximate surface area is 93.3 Å². The Bertz CT molecular complexity index is 300. The first-order chi connectivity index (χ1) is 6.77. The van der Waals surface area contributed by atoms with Gasteiger partial charge in [-0.25, -0.2) is 0 Å². The molecule has 0 fully saturated rings. The van der Waals surface area contributed by atoms with Gasteiger partial charge in [-0.15, -0.1) is 0 Å². The second kappa shape index (κ2) is 3.99. The van der Waals surface area contributed by atoms with Crippen LogP contribution in [0.1, 0.15) is 54.4 Å². The van der Waals surface area contributed by atoms with E-state index in [9.17, 15) is 4.79 Å². The van der Waals surface area contributed by atoms with Crippen molar-refractivity contribution in [3.8, 4) is 0 Å². The zero-order valence-corrected chi connectivity index (χ0v) is 10.8. The number of hydrogen-bond acceptors (Lipinski definition) is 1. The Morgan fingerprint density at radius 3 is 2.20 bits per heavy atom. The molecule has 0 unspecified atom stereocenters. The van der Waals surface area contributed by atoms with Crippen LogP contribution in [0.2, 0.25) is 0 Å². The normalized spacial score (nSPS) is 19.9. The van der Waals surface area contributed by atoms with Gasteiger partial charge in [-0.3, -0.25) is 4.79 Å². The summed E-state index contributed by atoms with van der Waals surface area (Å²) in [6, 6.07) is 0.265. The highest BCUT2D eigenvalue weighted by Crippen LogP contribution is 2.43. The topological polar surface area (TPSA) is 20.3 Å². The number of allylic oxidation sites excluding steroid dienone is 2. The molecule has 2 heteroatoms. The van der Waals surface area contributed by atoms with Crippen molar-refractivity contribution < 1.29 is 4.79 Å². The number of amides is 1. The van der Waals surface area contributed by atoms with Crippen LogP contribution in [-0.4, -0.2) is 16.8 Å². The van der Waals surface area contributed by atoms with E-state index in [-0.39, 0.29) is 17.4 Å². The van der Waals surface area contributed by atoms with Crippen LogP contribution in [0.25, 0.3) is 0 Å². The van der Waals surface area contributed by atoms with E-state index >= 15 is 0 Å². The van der Waals surface area contributed by atoms with Crippen molar-refractivity contribution in [2.45, 2.75) is 60.4 Å². The number of hydrogen-bond donors (Lipinski definition) is 0. The number of rotatable bonds is 2. The molecule has 0 N–H and O–H groups in total. The van der Waals surface area contributed by atoms with Gasteiger partial charge in [-0.1, -0.05) is 13.8 Å². The van der Waals surface area contributed by atoms with Gasteiger partial charge < -0.3 is 4.90 Å². The predicted molar refractivity (Wildman–Crippen MR) is 63.4 cm³/mol. The van der Waals surface area contributed by atoms with Crippen molar-refractivity contribution in [2.75, 3.05) is 0 Å². The molecule has 2 nitrogen and oxygen atoms in total. The summed E-state index contributed by atoms with van der Waals surface area (Å²) in [7, 11) is 0. The molecule has 1 amide bonds. The van der Waals surface area contributed by atoms with Crippen molar-refractivity contribution in [3.63, 3.8) is 0 Å². The molecular formula is C13H23NO. The summed E-state index contributed by atoms with van der Waals surface area (Å²) in [6.45, 7) is 12.5. The van der Waals surface area contributed by atoms with Crippen LogP contribution in [0.5, 0.6) is 0 Å². The number of carbonyl (C=O) groups is 1. The summed E-state index contributed by atoms with van der Waals surface area (Å²) in [4.78, 5) is 13.6. The maximum absolute atomic E-state index is 11.6. The fraction of sp³-hybridized carbons (Fsp3) is 0.769. The van der Waals surface area contributed by atoms with Gasteiger partial charge in [0.15, 0.2) is 0 Å². The lowest BCUT2D eigenvalue weighted by Gasteiger charge is -2.28. The fourth-order valence-electron chi connectivity index (χ4n) is 2.36. The van der Waals surface area contributed by atoms with Crippen LogP contribution in [0.15, 0.2) is 11.3 Å². The van der Waals surface area contributed by atoms with Gasteiger partial charge in [0, 0.05) is 18.7 Å². The van der Waals surface area contributed by atoms with Crippen LogP contribution in [0.3, 0.4) is 0 Å². The van der Waals surface area contributed by atoms with Crippen molar-refractivity contribution in [2.24, 2.45) is 5.41 Å². The molecular weight excluding hydrogens is 186 g/mol. The van der Waals surface area contributed by atoms with Crippen LogP contribution in [0, 0.1) is 5.41 Å². The van der Waals surface area contributed by atoms with Gasteiger partial charge in [0.2, 0.25) is 5.91 Å². The maximum atomic E-state index is 11.6. The Morgan fingerprint density at radius 1 is 1.40 bits per heavy atom. The first-order valence-corrected chi connectivity index (χ1v) is 5.77. The Hall–Kier alpha value is -0.790. The quantitative estimate of drug-likeness (QED) is 0.683. The van der Waals surface area contributed by atoms with Gasteiger partial charge in [-0.05, 0) is 44.6 Å². The lowest BCUT2D eigenvalue weighted by molar-refractivity contribution is -0.128. The minimum absolute atomic E-state index is 0.164. The number of carbonyl (C=O) groups excluding carboxylic acids is 1. The summed E-state index contributed by atoms with van der Waals surface area (Å²) in [5.74, 6) is 0.164. The summed E-state index contributed by atoms with van der Waals surface area (Å²) in [6.07, 6.45) is 2.20. The highest BCUT2D eigenvalue weighted by molar-refractivity contribution is 5.76. The highest BCUT2D eigenvalue weighted by atomic mass is 16.2. The molecule has 0 radical (unpaired) electrons. The monoisotopic (exact) mass is 209 g/mol. The average molecular weight is 209 g/mol. The Morgan fingerprint density at radius 2 is 1.93 bits per heavy atom. The zero-order valence-electron chi connectivity index (χ0n) is 10.8. The SMILES string of the molecule is CC(=O)N(C1=C(C)C(C)(C)CC1)C(C)C. The maximum Gasteiger partial charge on any atom is 0.223 e. The van der Waals surface area contributed by atoms with E-state index in [4.69, 9.17) is 0 Å². The third-order valence-corrected chi connectivity index (χ3v) is 3.58. The molecule has 0 aromatic rings. The summed E-state index contributed by atoms with van der Waals surface area (Å²) >= 11 is 0. The lowest BCUT2D eigenvalue weighted by Crippen LogP contribution is -2.34. The minimum Gasteiger partial charge on any atom is -0.314 e. The lowest BCUT2D eigenvalue weighted by atomic mass is 9.87. The third kappa shape index (κ3) is 2.24.